The largest absolute Gasteiger partial charge is 0.416 e. The molecule has 0 fully saturated rings. The van der Waals surface area contributed by atoms with Gasteiger partial charge in [0, 0.05) is 0 Å². The van der Waals surface area contributed by atoms with Gasteiger partial charge in [0.2, 0.25) is 0 Å². The lowest BCUT2D eigenvalue weighted by Gasteiger charge is -2.12. The number of anilines is 2. The highest BCUT2D eigenvalue weighted by molar-refractivity contribution is 9.11. The maximum atomic E-state index is 12.7. The molecule has 0 aliphatic rings. The third kappa shape index (κ3) is 3.71. The number of alkyl halides is 3. The van der Waals surface area contributed by atoms with Gasteiger partial charge in [-0.05, 0) is 34.1 Å². The molecule has 10 heteroatoms. The topological polar surface area (TPSA) is 80.0 Å². The molecule has 0 atom stereocenters. The van der Waals surface area contributed by atoms with Gasteiger partial charge in [0.1, 0.15) is 0 Å². The van der Waals surface area contributed by atoms with E-state index in [1.807, 2.05) is 0 Å². The second-order valence-corrected chi connectivity index (χ2v) is 6.24. The number of nitrogens with two attached hydrogens (primary N) is 1. The maximum Gasteiger partial charge on any atom is 0.416 e. The van der Waals surface area contributed by atoms with Crippen molar-refractivity contribution in [3.63, 3.8) is 0 Å². The molecule has 2 rings (SSSR count). The van der Waals surface area contributed by atoms with Crippen molar-refractivity contribution in [1.29, 1.82) is 0 Å². The fourth-order valence-corrected chi connectivity index (χ4v) is 2.61. The Kier molecular flexibility index (Phi) is 4.49. The van der Waals surface area contributed by atoms with Crippen molar-refractivity contribution in [2.45, 2.75) is 6.18 Å². The van der Waals surface area contributed by atoms with Crippen LogP contribution in [0.5, 0.6) is 0 Å². The molecule has 1 heterocycles. The number of amides is 1. The minimum absolute atomic E-state index is 0.0797. The zero-order valence-corrected chi connectivity index (χ0v) is 12.6. The molecule has 1 aromatic heterocycles. The van der Waals surface area contributed by atoms with Crippen molar-refractivity contribution in [3.05, 3.63) is 39.3 Å². The number of aromatic nitrogens is 1. The van der Waals surface area contributed by atoms with Crippen LogP contribution >= 0.6 is 27.3 Å². The number of hydrogen-bond acceptors (Lipinski definition) is 5. The molecule has 112 valence electrons. The first-order valence-corrected chi connectivity index (χ1v) is 7.02. The molecule has 2 aromatic rings. The summed E-state index contributed by atoms with van der Waals surface area (Å²) in [6.07, 6.45) is -3.08. The standard InChI is InChI=1S/C11H8BrF3N4OS/c12-8-4-17-10(21-8)18-9(20)6-3-5(11(13,14)15)1-2-7(6)19-16/h1-4,19H,16H2,(H,17,18,20). The molecule has 1 aromatic carbocycles. The molecule has 0 aliphatic carbocycles. The summed E-state index contributed by atoms with van der Waals surface area (Å²) in [5.41, 5.74) is 1.11. The normalized spacial score (nSPS) is 11.3. The van der Waals surface area contributed by atoms with E-state index in [0.29, 0.717) is 3.79 Å². The molecule has 0 spiro atoms. The van der Waals surface area contributed by atoms with Crippen LogP contribution in [0.4, 0.5) is 24.0 Å². The van der Waals surface area contributed by atoms with Crippen molar-refractivity contribution < 1.29 is 18.0 Å². The van der Waals surface area contributed by atoms with Gasteiger partial charge in [-0.15, -0.1) is 0 Å². The molecule has 0 bridgehead atoms. The van der Waals surface area contributed by atoms with Crippen LogP contribution in [0.3, 0.4) is 0 Å². The second-order valence-electron chi connectivity index (χ2n) is 3.83. The Bertz CT molecular complexity index is 674. The van der Waals surface area contributed by atoms with Crippen LogP contribution in [0.15, 0.2) is 28.2 Å². The lowest BCUT2D eigenvalue weighted by molar-refractivity contribution is -0.137. The van der Waals surface area contributed by atoms with Crippen LogP contribution in [0, 0.1) is 0 Å². The number of carbonyl (C=O) groups is 1. The predicted molar refractivity (Wildman–Crippen MR) is 77.0 cm³/mol. The quantitative estimate of drug-likeness (QED) is 0.562. The lowest BCUT2D eigenvalue weighted by Crippen LogP contribution is -2.18. The number of hydrazine groups is 1. The fraction of sp³-hybridized carbons (Fsp3) is 0.0909. The van der Waals surface area contributed by atoms with Gasteiger partial charge in [-0.25, -0.2) is 4.98 Å². The van der Waals surface area contributed by atoms with Crippen LogP contribution < -0.4 is 16.6 Å². The smallest absolute Gasteiger partial charge is 0.323 e. The van der Waals surface area contributed by atoms with Crippen LogP contribution in [0.1, 0.15) is 15.9 Å². The molecule has 4 N–H and O–H groups in total. The monoisotopic (exact) mass is 380 g/mol. The first-order valence-electron chi connectivity index (χ1n) is 5.42. The van der Waals surface area contributed by atoms with E-state index < -0.39 is 17.6 Å². The molecular weight excluding hydrogens is 373 g/mol. The molecule has 21 heavy (non-hydrogen) atoms. The Hall–Kier alpha value is -1.65. The average Bonchev–Trinajstić information content (AvgIpc) is 2.82. The number of rotatable bonds is 3. The van der Waals surface area contributed by atoms with E-state index in [1.54, 1.807) is 0 Å². The number of nitrogens with zero attached hydrogens (tertiary/aromatic N) is 1. The fourth-order valence-electron chi connectivity index (χ4n) is 1.51. The maximum absolute atomic E-state index is 12.7. The highest BCUT2D eigenvalue weighted by Crippen LogP contribution is 2.32. The first-order chi connectivity index (χ1) is 9.81. The molecule has 0 unspecified atom stereocenters. The molecular formula is C11H8BrF3N4OS. The third-order valence-corrected chi connectivity index (χ3v) is 3.84. The summed E-state index contributed by atoms with van der Waals surface area (Å²) in [4.78, 5) is 15.9. The lowest BCUT2D eigenvalue weighted by atomic mass is 10.1. The second kappa shape index (κ2) is 6.00. The number of benzene rings is 1. The van der Waals surface area contributed by atoms with Gasteiger partial charge in [0.25, 0.3) is 5.91 Å². The van der Waals surface area contributed by atoms with Gasteiger partial charge in [0.05, 0.1) is 26.8 Å². The van der Waals surface area contributed by atoms with Gasteiger partial charge in [-0.1, -0.05) is 11.3 Å². The van der Waals surface area contributed by atoms with Crippen LogP contribution in [-0.2, 0) is 6.18 Å². The van der Waals surface area contributed by atoms with E-state index in [1.165, 1.54) is 6.20 Å². The zero-order chi connectivity index (χ0) is 15.6. The van der Waals surface area contributed by atoms with Crippen LogP contribution in [0.25, 0.3) is 0 Å². The molecule has 0 radical (unpaired) electrons. The first kappa shape index (κ1) is 15.7. The highest BCUT2D eigenvalue weighted by Gasteiger charge is 2.31. The molecule has 0 aliphatic heterocycles. The summed E-state index contributed by atoms with van der Waals surface area (Å²) in [5, 5.41) is 2.66. The molecule has 0 saturated heterocycles. The average molecular weight is 381 g/mol. The minimum atomic E-state index is -4.55. The van der Waals surface area contributed by atoms with E-state index in [-0.39, 0.29) is 16.4 Å². The van der Waals surface area contributed by atoms with E-state index in [4.69, 9.17) is 5.84 Å². The van der Waals surface area contributed by atoms with Crippen molar-refractivity contribution >= 4 is 44.0 Å². The summed E-state index contributed by atoms with van der Waals surface area (Å²) in [7, 11) is 0. The Morgan fingerprint density at radius 3 is 2.62 bits per heavy atom. The van der Waals surface area contributed by atoms with E-state index >= 15 is 0 Å². The van der Waals surface area contributed by atoms with Crippen molar-refractivity contribution in [2.24, 2.45) is 5.84 Å². The predicted octanol–water partition coefficient (Wildman–Crippen LogP) is 3.46. The van der Waals surface area contributed by atoms with Gasteiger partial charge in [-0.2, -0.15) is 13.2 Å². The van der Waals surface area contributed by atoms with E-state index in [2.05, 4.69) is 31.7 Å². The van der Waals surface area contributed by atoms with Gasteiger partial charge < -0.3 is 5.43 Å². The van der Waals surface area contributed by atoms with Gasteiger partial charge in [0.15, 0.2) is 5.13 Å². The number of nitrogens with one attached hydrogen (secondary N) is 2. The third-order valence-electron chi connectivity index (χ3n) is 2.44. The van der Waals surface area contributed by atoms with Gasteiger partial charge in [-0.3, -0.25) is 16.0 Å². The number of thiazole rings is 1. The van der Waals surface area contributed by atoms with E-state index in [9.17, 15) is 18.0 Å². The summed E-state index contributed by atoms with van der Waals surface area (Å²) in [6.45, 7) is 0. The van der Waals surface area contributed by atoms with Crippen molar-refractivity contribution in [3.8, 4) is 0 Å². The number of carbonyl (C=O) groups excluding carboxylic acids is 1. The van der Waals surface area contributed by atoms with Crippen LogP contribution in [-0.4, -0.2) is 10.9 Å². The number of nitrogen functional groups attached to an aromatic ring is 1. The molecule has 5 nitrogen and oxygen atoms in total. The minimum Gasteiger partial charge on any atom is -0.323 e. The van der Waals surface area contributed by atoms with Gasteiger partial charge >= 0.3 is 6.18 Å². The van der Waals surface area contributed by atoms with E-state index in [0.717, 1.165) is 29.5 Å². The summed E-state index contributed by atoms with van der Waals surface area (Å²) in [6, 6.07) is 2.66. The van der Waals surface area contributed by atoms with Crippen molar-refractivity contribution in [2.75, 3.05) is 10.7 Å². The van der Waals surface area contributed by atoms with Crippen molar-refractivity contribution in [1.82, 2.24) is 4.98 Å². The Balaban J connectivity index is 2.34. The Morgan fingerprint density at radius 2 is 2.10 bits per heavy atom. The molecule has 1 amide bonds. The summed E-state index contributed by atoms with van der Waals surface area (Å²) < 4.78 is 38.8. The number of halogens is 4. The number of hydrogen-bond donors (Lipinski definition) is 3. The molecule has 0 saturated carbocycles. The van der Waals surface area contributed by atoms with Crippen LogP contribution in [0.2, 0.25) is 0 Å². The SMILES string of the molecule is NNc1ccc(C(F)(F)F)cc1C(=O)Nc1ncc(Br)s1. The Labute approximate surface area is 129 Å². The highest BCUT2D eigenvalue weighted by atomic mass is 79.9. The zero-order valence-electron chi connectivity index (χ0n) is 10.2. The Morgan fingerprint density at radius 1 is 1.38 bits per heavy atom. The summed E-state index contributed by atoms with van der Waals surface area (Å²) >= 11 is 4.30. The summed E-state index contributed by atoms with van der Waals surface area (Å²) in [5.74, 6) is 4.47.